The standard InChI is InChI=1S/C53H101NO5/c1-3-5-7-9-11-13-15-17-18-19-23-27-31-35-39-43-47-53(58)59-48-44-40-36-32-28-24-20-22-26-30-34-38-42-46-52(57)54-50(49-55)51(56)45-41-37-33-29-25-21-16-14-12-10-8-6-4-2/h13,15,18-19,50-51,55-56H,3-12,14,16-17,20-49H2,1-2H3,(H,54,57)/b15-13-,19-18-. The average Bonchev–Trinajstić information content (AvgIpc) is 3.24. The molecule has 0 spiro atoms. The monoisotopic (exact) mass is 832 g/mol. The van der Waals surface area contributed by atoms with Crippen LogP contribution in [0.1, 0.15) is 277 Å². The van der Waals surface area contributed by atoms with E-state index in [-0.39, 0.29) is 18.5 Å². The number of aliphatic hydroxyl groups is 2. The largest absolute Gasteiger partial charge is 0.466 e. The summed E-state index contributed by atoms with van der Waals surface area (Å²) in [6.45, 7) is 4.90. The zero-order valence-corrected chi connectivity index (χ0v) is 39.5. The number of nitrogens with one attached hydrogen (secondary N) is 1. The molecular formula is C53H101NO5. The quantitative estimate of drug-likeness (QED) is 0.0322. The molecule has 348 valence electrons. The van der Waals surface area contributed by atoms with E-state index in [1.165, 1.54) is 186 Å². The molecule has 59 heavy (non-hydrogen) atoms. The summed E-state index contributed by atoms with van der Waals surface area (Å²) < 4.78 is 5.46. The second-order valence-electron chi connectivity index (χ2n) is 17.9. The molecule has 0 aromatic rings. The third-order valence-electron chi connectivity index (χ3n) is 12.0. The molecule has 0 saturated heterocycles. The summed E-state index contributed by atoms with van der Waals surface area (Å²) in [5.41, 5.74) is 0. The molecule has 0 aliphatic rings. The molecule has 0 rings (SSSR count). The van der Waals surface area contributed by atoms with Crippen LogP contribution >= 0.6 is 0 Å². The predicted octanol–water partition coefficient (Wildman–Crippen LogP) is 15.5. The van der Waals surface area contributed by atoms with Gasteiger partial charge in [-0.05, 0) is 57.8 Å². The molecule has 0 bridgehead atoms. The molecule has 0 aliphatic heterocycles. The number of rotatable bonds is 48. The van der Waals surface area contributed by atoms with Gasteiger partial charge in [0, 0.05) is 12.8 Å². The lowest BCUT2D eigenvalue weighted by Crippen LogP contribution is -2.45. The van der Waals surface area contributed by atoms with Crippen LogP contribution in [0.2, 0.25) is 0 Å². The summed E-state index contributed by atoms with van der Waals surface area (Å²) in [6, 6.07) is -0.551. The van der Waals surface area contributed by atoms with Gasteiger partial charge >= 0.3 is 5.97 Å². The Balaban J connectivity index is 3.45. The Hall–Kier alpha value is -1.66. The topological polar surface area (TPSA) is 95.9 Å². The van der Waals surface area contributed by atoms with Crippen LogP contribution in [0.3, 0.4) is 0 Å². The Labute approximate surface area is 367 Å². The lowest BCUT2D eigenvalue weighted by Gasteiger charge is -2.22. The molecule has 0 radical (unpaired) electrons. The minimum atomic E-state index is -0.672. The Morgan fingerprint density at radius 3 is 1.31 bits per heavy atom. The number of aliphatic hydroxyl groups excluding tert-OH is 2. The van der Waals surface area contributed by atoms with E-state index in [1.54, 1.807) is 0 Å². The maximum atomic E-state index is 12.4. The zero-order valence-electron chi connectivity index (χ0n) is 39.5. The van der Waals surface area contributed by atoms with E-state index in [4.69, 9.17) is 4.74 Å². The smallest absolute Gasteiger partial charge is 0.305 e. The Kier molecular flexibility index (Phi) is 47.6. The molecule has 6 heteroatoms. The Morgan fingerprint density at radius 2 is 0.847 bits per heavy atom. The van der Waals surface area contributed by atoms with E-state index in [2.05, 4.69) is 43.5 Å². The molecule has 3 N–H and O–H groups in total. The highest BCUT2D eigenvalue weighted by Gasteiger charge is 2.20. The number of esters is 1. The van der Waals surface area contributed by atoms with Gasteiger partial charge < -0.3 is 20.3 Å². The molecular weight excluding hydrogens is 731 g/mol. The van der Waals surface area contributed by atoms with Crippen molar-refractivity contribution >= 4 is 11.9 Å². The summed E-state index contributed by atoms with van der Waals surface area (Å²) in [4.78, 5) is 24.5. The van der Waals surface area contributed by atoms with Crippen LogP contribution in [-0.4, -0.2) is 47.4 Å². The van der Waals surface area contributed by atoms with Crippen molar-refractivity contribution in [2.24, 2.45) is 0 Å². The number of ether oxygens (including phenoxy) is 1. The van der Waals surface area contributed by atoms with Gasteiger partial charge in [-0.1, -0.05) is 231 Å². The maximum Gasteiger partial charge on any atom is 0.305 e. The summed E-state index contributed by atoms with van der Waals surface area (Å²) in [6.07, 6.45) is 57.1. The number of carbonyl (C=O) groups excluding carboxylic acids is 2. The highest BCUT2D eigenvalue weighted by atomic mass is 16.5. The first kappa shape index (κ1) is 57.3. The summed E-state index contributed by atoms with van der Waals surface area (Å²) in [5, 5.41) is 23.2. The van der Waals surface area contributed by atoms with Crippen molar-refractivity contribution in [3.63, 3.8) is 0 Å². The molecule has 0 aromatic carbocycles. The molecule has 2 unspecified atom stereocenters. The van der Waals surface area contributed by atoms with Crippen molar-refractivity contribution < 1.29 is 24.5 Å². The Bertz CT molecular complexity index is 920. The van der Waals surface area contributed by atoms with Gasteiger partial charge in [0.2, 0.25) is 5.91 Å². The third kappa shape index (κ3) is 45.7. The van der Waals surface area contributed by atoms with Crippen LogP contribution in [0.4, 0.5) is 0 Å². The van der Waals surface area contributed by atoms with Gasteiger partial charge in [0.25, 0.3) is 0 Å². The molecule has 0 saturated carbocycles. The fourth-order valence-electron chi connectivity index (χ4n) is 7.96. The molecule has 2 atom stereocenters. The van der Waals surface area contributed by atoms with Gasteiger partial charge in [-0.3, -0.25) is 9.59 Å². The van der Waals surface area contributed by atoms with E-state index in [9.17, 15) is 19.8 Å². The number of allylic oxidation sites excluding steroid dienone is 4. The highest BCUT2D eigenvalue weighted by Crippen LogP contribution is 2.16. The van der Waals surface area contributed by atoms with Crippen LogP contribution in [0.15, 0.2) is 24.3 Å². The van der Waals surface area contributed by atoms with Crippen molar-refractivity contribution in [3.8, 4) is 0 Å². The first-order chi connectivity index (χ1) is 29.0. The minimum Gasteiger partial charge on any atom is -0.466 e. The SMILES string of the molecule is CCCCCC/C=C\C/C=C\CCCCCCCC(=O)OCCCCCCCCCCCCCCCC(=O)NC(CO)C(O)CCCCCCCCCCCCCCC. The number of hydrogen-bond acceptors (Lipinski definition) is 5. The number of amides is 1. The lowest BCUT2D eigenvalue weighted by atomic mass is 10.0. The van der Waals surface area contributed by atoms with Crippen LogP contribution in [0.5, 0.6) is 0 Å². The molecule has 0 heterocycles. The van der Waals surface area contributed by atoms with Crippen molar-refractivity contribution in [3.05, 3.63) is 24.3 Å². The molecule has 1 amide bonds. The van der Waals surface area contributed by atoms with E-state index < -0.39 is 12.1 Å². The number of unbranched alkanes of at least 4 members (excludes halogenated alkanes) is 33. The fourth-order valence-corrected chi connectivity index (χ4v) is 7.96. The highest BCUT2D eigenvalue weighted by molar-refractivity contribution is 5.76. The van der Waals surface area contributed by atoms with Crippen LogP contribution in [-0.2, 0) is 14.3 Å². The van der Waals surface area contributed by atoms with Gasteiger partial charge in [-0.25, -0.2) is 0 Å². The van der Waals surface area contributed by atoms with Gasteiger partial charge in [0.1, 0.15) is 0 Å². The summed E-state index contributed by atoms with van der Waals surface area (Å²) >= 11 is 0. The summed E-state index contributed by atoms with van der Waals surface area (Å²) in [5.74, 6) is -0.0676. The Morgan fingerprint density at radius 1 is 0.475 bits per heavy atom. The fraction of sp³-hybridized carbons (Fsp3) is 0.887. The van der Waals surface area contributed by atoms with E-state index in [0.717, 1.165) is 57.8 Å². The van der Waals surface area contributed by atoms with Crippen LogP contribution < -0.4 is 5.32 Å². The predicted molar refractivity (Wildman–Crippen MR) is 255 cm³/mol. The van der Waals surface area contributed by atoms with Gasteiger partial charge in [0.05, 0.1) is 25.4 Å². The molecule has 0 aliphatic carbocycles. The number of carbonyl (C=O) groups is 2. The van der Waals surface area contributed by atoms with E-state index in [0.29, 0.717) is 25.9 Å². The zero-order chi connectivity index (χ0) is 43.0. The average molecular weight is 832 g/mol. The normalized spacial score (nSPS) is 12.8. The van der Waals surface area contributed by atoms with E-state index >= 15 is 0 Å². The van der Waals surface area contributed by atoms with E-state index in [1.807, 2.05) is 0 Å². The first-order valence-corrected chi connectivity index (χ1v) is 26.1. The van der Waals surface area contributed by atoms with Crippen molar-refractivity contribution in [1.82, 2.24) is 5.32 Å². The van der Waals surface area contributed by atoms with Gasteiger partial charge in [-0.2, -0.15) is 0 Å². The first-order valence-electron chi connectivity index (χ1n) is 26.1. The minimum absolute atomic E-state index is 0.0190. The molecule has 0 fully saturated rings. The molecule has 6 nitrogen and oxygen atoms in total. The summed E-state index contributed by atoms with van der Waals surface area (Å²) in [7, 11) is 0. The molecule has 0 aromatic heterocycles. The van der Waals surface area contributed by atoms with Crippen molar-refractivity contribution in [2.45, 2.75) is 289 Å². The van der Waals surface area contributed by atoms with Crippen LogP contribution in [0, 0.1) is 0 Å². The number of hydrogen-bond donors (Lipinski definition) is 3. The maximum absolute atomic E-state index is 12.4. The third-order valence-corrected chi connectivity index (χ3v) is 12.0. The second-order valence-corrected chi connectivity index (χ2v) is 17.9. The lowest BCUT2D eigenvalue weighted by molar-refractivity contribution is -0.143. The van der Waals surface area contributed by atoms with Crippen LogP contribution in [0.25, 0.3) is 0 Å². The van der Waals surface area contributed by atoms with Gasteiger partial charge in [-0.15, -0.1) is 0 Å². The second kappa shape index (κ2) is 49.0. The van der Waals surface area contributed by atoms with Crippen molar-refractivity contribution in [2.75, 3.05) is 13.2 Å². The van der Waals surface area contributed by atoms with Gasteiger partial charge in [0.15, 0.2) is 0 Å². The van der Waals surface area contributed by atoms with Crippen molar-refractivity contribution in [1.29, 1.82) is 0 Å².